The molecule has 0 aliphatic carbocycles. The molecular weight excluding hydrogens is 410 g/mol. The molecular formula is C24H33N3O3S. The largest absolute Gasteiger partial charge is 0.380 e. The minimum atomic E-state index is -3.60. The number of sulfonamides is 1. The average Bonchev–Trinajstić information content (AvgIpc) is 3.06. The Bertz CT molecular complexity index is 1100. The molecule has 3 aromatic rings. The SMILES string of the molecule is CCOC[C@H](CC(C)C)N(C)S(=O)(=O)c1ccc(Cn2c(C)nc3ccccc32)cc1. The molecule has 0 fully saturated rings. The van der Waals surface area contributed by atoms with E-state index in [9.17, 15) is 8.42 Å². The first-order valence-corrected chi connectivity index (χ1v) is 12.2. The number of imidazole rings is 1. The van der Waals surface area contributed by atoms with Gasteiger partial charge in [-0.3, -0.25) is 0 Å². The summed E-state index contributed by atoms with van der Waals surface area (Å²) < 4.78 is 35.6. The highest BCUT2D eigenvalue weighted by molar-refractivity contribution is 7.89. The number of hydrogen-bond acceptors (Lipinski definition) is 4. The van der Waals surface area contributed by atoms with E-state index in [1.807, 2.05) is 44.2 Å². The number of ether oxygens (including phenoxy) is 1. The van der Waals surface area contributed by atoms with E-state index in [4.69, 9.17) is 4.74 Å². The number of benzene rings is 2. The molecule has 0 spiro atoms. The van der Waals surface area contributed by atoms with Crippen molar-refractivity contribution in [1.82, 2.24) is 13.9 Å². The van der Waals surface area contributed by atoms with E-state index in [0.29, 0.717) is 30.6 Å². The van der Waals surface area contributed by atoms with Gasteiger partial charge in [0.2, 0.25) is 10.0 Å². The van der Waals surface area contributed by atoms with E-state index >= 15 is 0 Å². The molecule has 0 unspecified atom stereocenters. The van der Waals surface area contributed by atoms with Crippen molar-refractivity contribution in [2.45, 2.75) is 51.6 Å². The summed E-state index contributed by atoms with van der Waals surface area (Å²) in [6, 6.07) is 15.0. The number of rotatable bonds is 10. The van der Waals surface area contributed by atoms with Crippen LogP contribution in [0.3, 0.4) is 0 Å². The van der Waals surface area contributed by atoms with Crippen LogP contribution in [-0.4, -0.2) is 48.6 Å². The van der Waals surface area contributed by atoms with Crippen molar-refractivity contribution in [1.29, 1.82) is 0 Å². The van der Waals surface area contributed by atoms with Crippen LogP contribution in [0, 0.1) is 12.8 Å². The van der Waals surface area contributed by atoms with Gasteiger partial charge in [-0.05, 0) is 56.0 Å². The van der Waals surface area contributed by atoms with E-state index < -0.39 is 10.0 Å². The van der Waals surface area contributed by atoms with Gasteiger partial charge in [-0.1, -0.05) is 38.1 Å². The third kappa shape index (κ3) is 5.34. The van der Waals surface area contributed by atoms with Crippen LogP contribution in [0.25, 0.3) is 11.0 Å². The minimum Gasteiger partial charge on any atom is -0.380 e. The first-order chi connectivity index (χ1) is 14.7. The first-order valence-electron chi connectivity index (χ1n) is 10.8. The highest BCUT2D eigenvalue weighted by Crippen LogP contribution is 2.22. The lowest BCUT2D eigenvalue weighted by atomic mass is 10.0. The second kappa shape index (κ2) is 9.94. The molecule has 168 valence electrons. The summed E-state index contributed by atoms with van der Waals surface area (Å²) in [5, 5.41) is 0. The molecule has 0 saturated carbocycles. The third-order valence-corrected chi connectivity index (χ3v) is 7.48. The second-order valence-electron chi connectivity index (χ2n) is 8.34. The van der Waals surface area contributed by atoms with E-state index in [0.717, 1.165) is 28.8 Å². The number of aromatic nitrogens is 2. The lowest BCUT2D eigenvalue weighted by Crippen LogP contribution is -2.41. The van der Waals surface area contributed by atoms with Crippen LogP contribution in [0.2, 0.25) is 0 Å². The Kier molecular flexibility index (Phi) is 7.51. The number of para-hydroxylation sites is 2. The molecule has 0 aliphatic rings. The molecule has 0 aliphatic heterocycles. The van der Waals surface area contributed by atoms with Crippen LogP contribution in [-0.2, 0) is 21.3 Å². The van der Waals surface area contributed by atoms with Crippen molar-refractivity contribution in [3.8, 4) is 0 Å². The zero-order chi connectivity index (χ0) is 22.6. The average molecular weight is 444 g/mol. The normalized spacial score (nSPS) is 13.4. The lowest BCUT2D eigenvalue weighted by molar-refractivity contribution is 0.0954. The highest BCUT2D eigenvalue weighted by Gasteiger charge is 2.28. The maximum Gasteiger partial charge on any atom is 0.243 e. The predicted molar refractivity (Wildman–Crippen MR) is 125 cm³/mol. The van der Waals surface area contributed by atoms with Crippen LogP contribution in [0.5, 0.6) is 0 Å². The smallest absolute Gasteiger partial charge is 0.243 e. The fourth-order valence-corrected chi connectivity index (χ4v) is 5.18. The Labute approximate surface area is 185 Å². The van der Waals surface area contributed by atoms with Gasteiger partial charge in [0.25, 0.3) is 0 Å². The van der Waals surface area contributed by atoms with Crippen molar-refractivity contribution in [3.05, 3.63) is 59.9 Å². The Morgan fingerprint density at radius 1 is 1.10 bits per heavy atom. The molecule has 7 heteroatoms. The number of hydrogen-bond donors (Lipinski definition) is 0. The van der Waals surface area contributed by atoms with Gasteiger partial charge < -0.3 is 9.30 Å². The van der Waals surface area contributed by atoms with Gasteiger partial charge in [0, 0.05) is 26.2 Å². The number of aryl methyl sites for hydroxylation is 1. The molecule has 6 nitrogen and oxygen atoms in total. The second-order valence-corrected chi connectivity index (χ2v) is 10.3. The van der Waals surface area contributed by atoms with Crippen LogP contribution in [0.15, 0.2) is 53.4 Å². The molecule has 0 saturated heterocycles. The quantitative estimate of drug-likeness (QED) is 0.464. The molecule has 0 radical (unpaired) electrons. The van der Waals surface area contributed by atoms with Crippen molar-refractivity contribution >= 4 is 21.1 Å². The molecule has 0 N–H and O–H groups in total. The van der Waals surface area contributed by atoms with Crippen LogP contribution >= 0.6 is 0 Å². The summed E-state index contributed by atoms with van der Waals surface area (Å²) in [7, 11) is -1.95. The van der Waals surface area contributed by atoms with Gasteiger partial charge >= 0.3 is 0 Å². The summed E-state index contributed by atoms with van der Waals surface area (Å²) in [5.74, 6) is 1.31. The summed E-state index contributed by atoms with van der Waals surface area (Å²) in [6.45, 7) is 9.70. The molecule has 0 amide bonds. The fraction of sp³-hybridized carbons (Fsp3) is 0.458. The van der Waals surface area contributed by atoms with Crippen molar-refractivity contribution in [3.63, 3.8) is 0 Å². The molecule has 2 aromatic carbocycles. The summed E-state index contributed by atoms with van der Waals surface area (Å²) >= 11 is 0. The van der Waals surface area contributed by atoms with Crippen LogP contribution in [0.4, 0.5) is 0 Å². The third-order valence-electron chi connectivity index (χ3n) is 5.56. The maximum absolute atomic E-state index is 13.2. The van der Waals surface area contributed by atoms with Gasteiger partial charge in [-0.2, -0.15) is 4.31 Å². The number of likely N-dealkylation sites (N-methyl/N-ethyl adjacent to an activating group) is 1. The summed E-state index contributed by atoms with van der Waals surface area (Å²) in [4.78, 5) is 4.91. The molecule has 0 bridgehead atoms. The van der Waals surface area contributed by atoms with E-state index in [-0.39, 0.29) is 6.04 Å². The van der Waals surface area contributed by atoms with E-state index in [2.05, 4.69) is 29.5 Å². The highest BCUT2D eigenvalue weighted by atomic mass is 32.2. The van der Waals surface area contributed by atoms with Crippen molar-refractivity contribution < 1.29 is 13.2 Å². The Hall–Kier alpha value is -2.22. The molecule has 1 aromatic heterocycles. The van der Waals surface area contributed by atoms with Crippen molar-refractivity contribution in [2.75, 3.05) is 20.3 Å². The Morgan fingerprint density at radius 3 is 2.42 bits per heavy atom. The van der Waals surface area contributed by atoms with Gasteiger partial charge in [0.15, 0.2) is 0 Å². The predicted octanol–water partition coefficient (Wildman–Crippen LogP) is 4.46. The summed E-state index contributed by atoms with van der Waals surface area (Å²) in [5.41, 5.74) is 3.07. The van der Waals surface area contributed by atoms with Gasteiger partial charge in [0.05, 0.1) is 22.5 Å². The number of fused-ring (bicyclic) bond motifs is 1. The fourth-order valence-electron chi connectivity index (χ4n) is 3.83. The molecule has 1 heterocycles. The number of nitrogens with zero attached hydrogens (tertiary/aromatic N) is 3. The van der Waals surface area contributed by atoms with E-state index in [1.54, 1.807) is 19.2 Å². The lowest BCUT2D eigenvalue weighted by Gasteiger charge is -2.28. The minimum absolute atomic E-state index is 0.190. The van der Waals surface area contributed by atoms with Crippen molar-refractivity contribution in [2.24, 2.45) is 5.92 Å². The van der Waals surface area contributed by atoms with Gasteiger partial charge in [0.1, 0.15) is 5.82 Å². The monoisotopic (exact) mass is 443 g/mol. The Morgan fingerprint density at radius 2 is 1.77 bits per heavy atom. The summed E-state index contributed by atoms with van der Waals surface area (Å²) in [6.07, 6.45) is 0.751. The molecule has 1 atom stereocenters. The zero-order valence-electron chi connectivity index (χ0n) is 19.1. The van der Waals surface area contributed by atoms with E-state index in [1.165, 1.54) is 4.31 Å². The van der Waals surface area contributed by atoms with Gasteiger partial charge in [-0.25, -0.2) is 13.4 Å². The maximum atomic E-state index is 13.2. The van der Waals surface area contributed by atoms with Crippen LogP contribution in [0.1, 0.15) is 38.6 Å². The Balaban J connectivity index is 1.81. The zero-order valence-corrected chi connectivity index (χ0v) is 19.9. The molecule has 31 heavy (non-hydrogen) atoms. The topological polar surface area (TPSA) is 64.4 Å². The molecule has 3 rings (SSSR count). The van der Waals surface area contributed by atoms with Gasteiger partial charge in [-0.15, -0.1) is 0 Å². The standard InChI is InChI=1S/C24H33N3O3S/c1-6-30-17-21(15-18(2)3)26(5)31(28,29)22-13-11-20(12-14-22)16-27-19(4)25-23-9-7-8-10-24(23)27/h7-14,18,21H,6,15-17H2,1-5H3/t21-/m0/s1. The van der Waals surface area contributed by atoms with Crippen LogP contribution < -0.4 is 0 Å². The first kappa shape index (κ1) is 23.4.